The van der Waals surface area contributed by atoms with Gasteiger partial charge in [0.1, 0.15) is 17.7 Å². The van der Waals surface area contributed by atoms with E-state index in [-0.39, 0.29) is 17.2 Å². The maximum absolute atomic E-state index is 14.8. The van der Waals surface area contributed by atoms with E-state index in [0.717, 1.165) is 13.0 Å². The minimum atomic E-state index is -0.774. The second-order valence-electron chi connectivity index (χ2n) is 10.5. The first-order valence-electron chi connectivity index (χ1n) is 11.8. The second-order valence-corrected chi connectivity index (χ2v) is 10.9. The molecule has 1 aliphatic heterocycles. The van der Waals surface area contributed by atoms with E-state index >= 15 is 0 Å². The van der Waals surface area contributed by atoms with E-state index in [1.807, 2.05) is 51.4 Å². The zero-order valence-electron chi connectivity index (χ0n) is 21.4. The second kappa shape index (κ2) is 11.1. The molecule has 2 N–H and O–H groups in total. The zero-order valence-corrected chi connectivity index (χ0v) is 22.2. The molecule has 3 rings (SSSR count). The molecule has 1 aromatic heterocycles. The third kappa shape index (κ3) is 6.59. The molecule has 0 radical (unpaired) electrons. The largest absolute Gasteiger partial charge is 0.353 e. The summed E-state index contributed by atoms with van der Waals surface area (Å²) in [5, 5.41) is 6.20. The molecule has 1 aliphatic rings. The predicted molar refractivity (Wildman–Crippen MR) is 136 cm³/mol. The van der Waals surface area contributed by atoms with Gasteiger partial charge in [-0.1, -0.05) is 32.4 Å². The van der Waals surface area contributed by atoms with Gasteiger partial charge in [-0.25, -0.2) is 9.37 Å². The third-order valence-electron chi connectivity index (χ3n) is 6.06. The molecule has 2 heterocycles. The van der Waals surface area contributed by atoms with E-state index in [1.54, 1.807) is 0 Å². The van der Waals surface area contributed by atoms with Crippen molar-refractivity contribution in [2.45, 2.75) is 46.3 Å². The van der Waals surface area contributed by atoms with Crippen molar-refractivity contribution in [3.63, 3.8) is 0 Å². The Balaban J connectivity index is 1.98. The van der Waals surface area contributed by atoms with Crippen LogP contribution in [0.2, 0.25) is 5.02 Å². The molecule has 1 aromatic carbocycles. The van der Waals surface area contributed by atoms with Gasteiger partial charge in [0.2, 0.25) is 5.91 Å². The first-order chi connectivity index (χ1) is 16.4. The lowest BCUT2D eigenvalue weighted by Crippen LogP contribution is -2.54. The van der Waals surface area contributed by atoms with Crippen molar-refractivity contribution in [1.82, 2.24) is 30.0 Å². The number of imidazole rings is 1. The summed E-state index contributed by atoms with van der Waals surface area (Å²) in [5.41, 5.74) is 0.602. The molecule has 8 nitrogen and oxygen atoms in total. The Morgan fingerprint density at radius 2 is 1.97 bits per heavy atom. The molecule has 1 atom stereocenters. The molecule has 0 fully saturated rings. The fourth-order valence-electron chi connectivity index (χ4n) is 4.16. The highest BCUT2D eigenvalue weighted by molar-refractivity contribution is 6.30. The van der Waals surface area contributed by atoms with Crippen LogP contribution in [0.25, 0.3) is 11.4 Å². The van der Waals surface area contributed by atoms with Crippen LogP contribution in [0.3, 0.4) is 0 Å². The Morgan fingerprint density at radius 1 is 1.26 bits per heavy atom. The SMILES string of the molecule is CN(C)CCNC(=O)[C@@H](NC(=O)c1nc(-c2cc(Cl)ccc2F)n2c1CN(C)CCC2)C(C)(C)C. The topological polar surface area (TPSA) is 82.5 Å². The van der Waals surface area contributed by atoms with Crippen molar-refractivity contribution in [2.75, 3.05) is 40.8 Å². The van der Waals surface area contributed by atoms with Crippen LogP contribution < -0.4 is 10.6 Å². The number of nitrogens with zero attached hydrogens (tertiary/aromatic N) is 4. The smallest absolute Gasteiger partial charge is 0.272 e. The first kappa shape index (κ1) is 27.1. The highest BCUT2D eigenvalue weighted by atomic mass is 35.5. The van der Waals surface area contributed by atoms with Crippen LogP contribution >= 0.6 is 11.6 Å². The molecule has 2 aromatic rings. The number of benzene rings is 1. The third-order valence-corrected chi connectivity index (χ3v) is 6.30. The van der Waals surface area contributed by atoms with Gasteiger partial charge in [0.15, 0.2) is 5.69 Å². The summed E-state index contributed by atoms with van der Waals surface area (Å²) in [5.74, 6) is -0.806. The summed E-state index contributed by atoms with van der Waals surface area (Å²) in [6.07, 6.45) is 0.828. The molecule has 0 saturated heterocycles. The number of carbonyl (C=O) groups is 2. The van der Waals surface area contributed by atoms with Crippen LogP contribution in [-0.2, 0) is 17.9 Å². The molecule has 0 spiro atoms. The molecule has 0 aliphatic carbocycles. The number of hydrogen-bond acceptors (Lipinski definition) is 5. The van der Waals surface area contributed by atoms with Crippen LogP contribution in [0.5, 0.6) is 0 Å². The zero-order chi connectivity index (χ0) is 25.9. The van der Waals surface area contributed by atoms with Crippen LogP contribution in [0.1, 0.15) is 43.4 Å². The summed E-state index contributed by atoms with van der Waals surface area (Å²) in [6, 6.07) is 3.54. The fourth-order valence-corrected chi connectivity index (χ4v) is 4.33. The summed E-state index contributed by atoms with van der Waals surface area (Å²) in [7, 11) is 5.83. The monoisotopic (exact) mass is 506 g/mol. The normalized spacial score (nSPS) is 15.5. The van der Waals surface area contributed by atoms with Crippen molar-refractivity contribution in [2.24, 2.45) is 5.41 Å². The number of fused-ring (bicyclic) bond motifs is 1. The highest BCUT2D eigenvalue weighted by Crippen LogP contribution is 2.30. The maximum atomic E-state index is 14.8. The van der Waals surface area contributed by atoms with Gasteiger partial charge in [-0.05, 0) is 57.7 Å². The van der Waals surface area contributed by atoms with Crippen molar-refractivity contribution in [1.29, 1.82) is 0 Å². The van der Waals surface area contributed by atoms with Gasteiger partial charge in [-0.3, -0.25) is 9.59 Å². The fraction of sp³-hybridized carbons (Fsp3) is 0.560. The van der Waals surface area contributed by atoms with Gasteiger partial charge in [0.05, 0.1) is 11.3 Å². The van der Waals surface area contributed by atoms with Gasteiger partial charge in [0, 0.05) is 31.2 Å². The van der Waals surface area contributed by atoms with E-state index in [9.17, 15) is 14.0 Å². The number of carbonyl (C=O) groups excluding carboxylic acids is 2. The van der Waals surface area contributed by atoms with Crippen molar-refractivity contribution in [3.8, 4) is 11.4 Å². The van der Waals surface area contributed by atoms with Crippen molar-refractivity contribution in [3.05, 3.63) is 40.4 Å². The minimum Gasteiger partial charge on any atom is -0.353 e. The van der Waals surface area contributed by atoms with Gasteiger partial charge >= 0.3 is 0 Å². The van der Waals surface area contributed by atoms with Crippen molar-refractivity contribution < 1.29 is 14.0 Å². The number of hydrogen-bond donors (Lipinski definition) is 2. The van der Waals surface area contributed by atoms with Crippen LogP contribution in [0, 0.1) is 11.2 Å². The maximum Gasteiger partial charge on any atom is 0.272 e. The molecule has 0 unspecified atom stereocenters. The molecule has 35 heavy (non-hydrogen) atoms. The molecule has 2 amide bonds. The van der Waals surface area contributed by atoms with E-state index in [0.29, 0.717) is 42.7 Å². The summed E-state index contributed by atoms with van der Waals surface area (Å²) in [4.78, 5) is 35.2. The Morgan fingerprint density at radius 3 is 2.63 bits per heavy atom. The number of likely N-dealkylation sites (N-methyl/N-ethyl adjacent to an activating group) is 1. The lowest BCUT2D eigenvalue weighted by atomic mass is 9.86. The van der Waals surface area contributed by atoms with Gasteiger partial charge in [-0.15, -0.1) is 0 Å². The Labute approximate surface area is 211 Å². The summed E-state index contributed by atoms with van der Waals surface area (Å²) < 4.78 is 16.7. The quantitative estimate of drug-likeness (QED) is 0.603. The number of halogens is 2. The van der Waals surface area contributed by atoms with Crippen LogP contribution in [-0.4, -0.2) is 78.0 Å². The lowest BCUT2D eigenvalue weighted by Gasteiger charge is -2.30. The summed E-state index contributed by atoms with van der Waals surface area (Å²) >= 11 is 6.15. The number of amides is 2. The minimum absolute atomic E-state index is 0.198. The van der Waals surface area contributed by atoms with Crippen molar-refractivity contribution >= 4 is 23.4 Å². The molecule has 0 bridgehead atoms. The Hall–Kier alpha value is -2.49. The molecular formula is C25H36ClFN6O2. The van der Waals surface area contributed by atoms with E-state index in [2.05, 4.69) is 20.5 Å². The summed E-state index contributed by atoms with van der Waals surface area (Å²) in [6.45, 7) is 8.76. The average molecular weight is 507 g/mol. The van der Waals surface area contributed by atoms with E-state index in [4.69, 9.17) is 11.6 Å². The molecule has 10 heteroatoms. The van der Waals surface area contributed by atoms with Gasteiger partial charge < -0.3 is 25.0 Å². The highest BCUT2D eigenvalue weighted by Gasteiger charge is 2.35. The number of aromatic nitrogens is 2. The predicted octanol–water partition coefficient (Wildman–Crippen LogP) is 3.00. The lowest BCUT2D eigenvalue weighted by molar-refractivity contribution is -0.125. The molecular weight excluding hydrogens is 471 g/mol. The Kier molecular flexibility index (Phi) is 8.56. The number of rotatable bonds is 7. The first-order valence-corrected chi connectivity index (χ1v) is 12.2. The van der Waals surface area contributed by atoms with Gasteiger partial charge in [-0.2, -0.15) is 0 Å². The van der Waals surface area contributed by atoms with Crippen LogP contribution in [0.15, 0.2) is 18.2 Å². The molecule has 192 valence electrons. The van der Waals surface area contributed by atoms with Gasteiger partial charge in [0.25, 0.3) is 5.91 Å². The number of nitrogens with one attached hydrogen (secondary N) is 2. The van der Waals surface area contributed by atoms with E-state index < -0.39 is 23.2 Å². The Bertz CT molecular complexity index is 1080. The standard InChI is InChI=1S/C25H36ClFN6O2/c1-25(2,3)21(24(35)28-10-13-31(4)5)30-23(34)20-19-15-32(6)11-7-12-33(19)22(29-20)17-14-16(26)8-9-18(17)27/h8-9,14,21H,7,10-13,15H2,1-6H3,(H,28,35)(H,30,34)/t21-/m1/s1. The average Bonchev–Trinajstić information content (AvgIpc) is 2.98. The molecule has 0 saturated carbocycles. The van der Waals surface area contributed by atoms with E-state index in [1.165, 1.54) is 18.2 Å². The van der Waals surface area contributed by atoms with Crippen LogP contribution in [0.4, 0.5) is 4.39 Å².